The third-order valence-electron chi connectivity index (χ3n) is 4.96. The number of fused-ring (bicyclic) bond motifs is 1. The number of hydrogen-bond donors (Lipinski definition) is 0. The van der Waals surface area contributed by atoms with Gasteiger partial charge < -0.3 is 19.1 Å². The molecule has 4 rings (SSSR count). The number of amides is 1. The molecule has 0 fully saturated rings. The van der Waals surface area contributed by atoms with Crippen LogP contribution in [0, 0.1) is 0 Å². The Balaban J connectivity index is 1.48. The number of thiazole rings is 1. The first-order valence-electron chi connectivity index (χ1n) is 9.31. The van der Waals surface area contributed by atoms with E-state index >= 15 is 0 Å². The van der Waals surface area contributed by atoms with E-state index in [-0.39, 0.29) is 5.91 Å². The van der Waals surface area contributed by atoms with Crippen molar-refractivity contribution in [3.05, 3.63) is 69.7 Å². The lowest BCUT2D eigenvalue weighted by Crippen LogP contribution is -2.36. The molecule has 0 aliphatic carbocycles. The molecule has 7 heteroatoms. The Morgan fingerprint density at radius 3 is 2.66 bits per heavy atom. The molecule has 3 aromatic rings. The summed E-state index contributed by atoms with van der Waals surface area (Å²) in [5, 5.41) is 1.95. The molecule has 0 atom stereocenters. The Bertz CT molecular complexity index is 1000. The Kier molecular flexibility index (Phi) is 5.67. The number of aromatic nitrogens is 1. The minimum Gasteiger partial charge on any atom is -0.493 e. The Morgan fingerprint density at radius 2 is 1.93 bits per heavy atom. The molecule has 0 saturated heterocycles. The molecule has 2 aromatic carbocycles. The number of rotatable bonds is 6. The minimum absolute atomic E-state index is 0.00968. The number of carbonyl (C=O) groups excluding carboxylic acids is 1. The van der Waals surface area contributed by atoms with E-state index < -0.39 is 0 Å². The zero-order valence-electron chi connectivity index (χ0n) is 16.4. The number of methoxy groups -OCH3 is 2. The van der Waals surface area contributed by atoms with Crippen molar-refractivity contribution in [2.24, 2.45) is 0 Å². The first kappa shape index (κ1) is 19.3. The first-order valence-corrected chi connectivity index (χ1v) is 10.2. The highest BCUT2D eigenvalue weighted by atomic mass is 32.1. The van der Waals surface area contributed by atoms with Crippen molar-refractivity contribution in [1.82, 2.24) is 9.88 Å². The average Bonchev–Trinajstić information content (AvgIpc) is 3.29. The van der Waals surface area contributed by atoms with Gasteiger partial charge in [-0.15, -0.1) is 11.3 Å². The quantitative estimate of drug-likeness (QED) is 0.616. The van der Waals surface area contributed by atoms with Crippen LogP contribution in [0.3, 0.4) is 0 Å². The van der Waals surface area contributed by atoms with Gasteiger partial charge in [0.25, 0.3) is 5.91 Å². The van der Waals surface area contributed by atoms with E-state index in [2.05, 4.69) is 4.98 Å². The first-order chi connectivity index (χ1) is 14.2. The number of ether oxygens (including phenoxy) is 3. The van der Waals surface area contributed by atoms with Crippen molar-refractivity contribution in [3.8, 4) is 17.2 Å². The number of nitrogens with zero attached hydrogens (tertiary/aromatic N) is 2. The molecule has 150 valence electrons. The van der Waals surface area contributed by atoms with Crippen LogP contribution in [0.4, 0.5) is 0 Å². The predicted octanol–water partition coefficient (Wildman–Crippen LogP) is 3.94. The van der Waals surface area contributed by atoms with Crippen molar-refractivity contribution in [2.45, 2.75) is 19.6 Å². The fourth-order valence-corrected chi connectivity index (χ4v) is 3.97. The van der Waals surface area contributed by atoms with Gasteiger partial charge in [0.2, 0.25) is 0 Å². The Morgan fingerprint density at radius 1 is 1.14 bits per heavy atom. The van der Waals surface area contributed by atoms with Gasteiger partial charge in [-0.2, -0.15) is 0 Å². The second kappa shape index (κ2) is 8.53. The lowest BCUT2D eigenvalue weighted by Gasteiger charge is -2.29. The molecule has 0 radical (unpaired) electrons. The second-order valence-electron chi connectivity index (χ2n) is 6.75. The molecule has 6 nitrogen and oxygen atoms in total. The van der Waals surface area contributed by atoms with Crippen LogP contribution in [0.2, 0.25) is 0 Å². The highest BCUT2D eigenvalue weighted by molar-refractivity contribution is 7.07. The molecule has 0 unspecified atom stereocenters. The van der Waals surface area contributed by atoms with Crippen molar-refractivity contribution in [2.75, 3.05) is 20.8 Å². The summed E-state index contributed by atoms with van der Waals surface area (Å²) >= 11 is 1.53. The fourth-order valence-electron chi connectivity index (χ4n) is 3.42. The largest absolute Gasteiger partial charge is 0.493 e. The van der Waals surface area contributed by atoms with Crippen LogP contribution < -0.4 is 14.2 Å². The highest BCUT2D eigenvalue weighted by Crippen LogP contribution is 2.33. The van der Waals surface area contributed by atoms with Gasteiger partial charge in [-0.1, -0.05) is 6.07 Å². The molecule has 1 aliphatic heterocycles. The standard InChI is InChI=1S/C22H22N2O4S/c1-26-20-9-15-6-7-24(11-17(15)10-21(20)27-2)22(25)16-4-3-5-19(8-16)28-12-18-13-29-14-23-18/h3-5,8-10,13-14H,6-7,11-12H2,1-2H3. The van der Waals surface area contributed by atoms with Gasteiger partial charge in [0.05, 0.1) is 25.4 Å². The maximum atomic E-state index is 13.1. The van der Waals surface area contributed by atoms with Crippen molar-refractivity contribution in [3.63, 3.8) is 0 Å². The summed E-state index contributed by atoms with van der Waals surface area (Å²) in [4.78, 5) is 19.1. The maximum Gasteiger partial charge on any atom is 0.254 e. The summed E-state index contributed by atoms with van der Waals surface area (Å²) in [6.07, 6.45) is 0.779. The van der Waals surface area contributed by atoms with Gasteiger partial charge in [-0.05, 0) is 47.9 Å². The van der Waals surface area contributed by atoms with Crippen LogP contribution in [-0.2, 0) is 19.6 Å². The minimum atomic E-state index is -0.00968. The van der Waals surface area contributed by atoms with Crippen LogP contribution in [-0.4, -0.2) is 36.6 Å². The molecule has 0 N–H and O–H groups in total. The zero-order chi connectivity index (χ0) is 20.2. The summed E-state index contributed by atoms with van der Waals surface area (Å²) in [7, 11) is 3.25. The van der Waals surface area contributed by atoms with Gasteiger partial charge in [-0.25, -0.2) is 4.98 Å². The van der Waals surface area contributed by atoms with E-state index in [1.807, 2.05) is 40.6 Å². The van der Waals surface area contributed by atoms with Crippen LogP contribution >= 0.6 is 11.3 Å². The topological polar surface area (TPSA) is 60.9 Å². The predicted molar refractivity (Wildman–Crippen MR) is 111 cm³/mol. The van der Waals surface area contributed by atoms with Crippen LogP contribution in [0.25, 0.3) is 0 Å². The van der Waals surface area contributed by atoms with E-state index in [1.54, 1.807) is 25.8 Å². The average molecular weight is 410 g/mol. The monoisotopic (exact) mass is 410 g/mol. The molecule has 0 spiro atoms. The van der Waals surface area contributed by atoms with Crippen LogP contribution in [0.5, 0.6) is 17.2 Å². The second-order valence-corrected chi connectivity index (χ2v) is 7.47. The number of hydrogen-bond acceptors (Lipinski definition) is 6. The zero-order valence-corrected chi connectivity index (χ0v) is 17.2. The third-order valence-corrected chi connectivity index (χ3v) is 5.59. The number of benzene rings is 2. The van der Waals surface area contributed by atoms with E-state index in [0.717, 1.165) is 23.4 Å². The van der Waals surface area contributed by atoms with E-state index in [0.29, 0.717) is 36.8 Å². The summed E-state index contributed by atoms with van der Waals surface area (Å²) in [5.74, 6) is 2.05. The van der Waals surface area contributed by atoms with Gasteiger partial charge in [0.15, 0.2) is 11.5 Å². The Hall–Kier alpha value is -3.06. The molecule has 1 aromatic heterocycles. The van der Waals surface area contributed by atoms with Crippen molar-refractivity contribution >= 4 is 17.2 Å². The van der Waals surface area contributed by atoms with Crippen molar-refractivity contribution in [1.29, 1.82) is 0 Å². The van der Waals surface area contributed by atoms with Crippen LogP contribution in [0.1, 0.15) is 27.2 Å². The van der Waals surface area contributed by atoms with E-state index in [9.17, 15) is 4.79 Å². The van der Waals surface area contributed by atoms with Gasteiger partial charge in [-0.3, -0.25) is 4.79 Å². The lowest BCUT2D eigenvalue weighted by molar-refractivity contribution is 0.0734. The third kappa shape index (κ3) is 4.19. The summed E-state index contributed by atoms with van der Waals surface area (Å²) in [5.41, 5.74) is 5.54. The smallest absolute Gasteiger partial charge is 0.254 e. The highest BCUT2D eigenvalue weighted by Gasteiger charge is 2.24. The Labute approximate surface area is 173 Å². The SMILES string of the molecule is COc1cc2c(cc1OC)CN(C(=O)c1cccc(OCc3cscn3)c1)CC2. The molecule has 0 bridgehead atoms. The van der Waals surface area contributed by atoms with Gasteiger partial charge in [0, 0.05) is 24.0 Å². The summed E-state index contributed by atoms with van der Waals surface area (Å²) in [6.45, 7) is 1.59. The van der Waals surface area contributed by atoms with Crippen LogP contribution in [0.15, 0.2) is 47.3 Å². The van der Waals surface area contributed by atoms with Crippen molar-refractivity contribution < 1.29 is 19.0 Å². The molecule has 1 aliphatic rings. The normalized spacial score (nSPS) is 13.0. The molecule has 2 heterocycles. The molecule has 29 heavy (non-hydrogen) atoms. The molecular formula is C22H22N2O4S. The molecule has 1 amide bonds. The van der Waals surface area contributed by atoms with Gasteiger partial charge in [0.1, 0.15) is 12.4 Å². The number of carbonyl (C=O) groups is 1. The van der Waals surface area contributed by atoms with E-state index in [1.165, 1.54) is 16.9 Å². The molecule has 0 saturated carbocycles. The molecular weight excluding hydrogens is 388 g/mol. The summed E-state index contributed by atoms with van der Waals surface area (Å²) < 4.78 is 16.6. The summed E-state index contributed by atoms with van der Waals surface area (Å²) in [6, 6.07) is 11.3. The lowest BCUT2D eigenvalue weighted by atomic mass is 9.98. The fraction of sp³-hybridized carbons (Fsp3) is 0.273. The van der Waals surface area contributed by atoms with Gasteiger partial charge >= 0.3 is 0 Å². The maximum absolute atomic E-state index is 13.1. The van der Waals surface area contributed by atoms with E-state index in [4.69, 9.17) is 14.2 Å².